The van der Waals surface area contributed by atoms with E-state index in [2.05, 4.69) is 4.98 Å². The van der Waals surface area contributed by atoms with Crippen LogP contribution >= 0.6 is 22.9 Å². The molecular weight excluding hydrogens is 377 g/mol. The minimum absolute atomic E-state index is 0.00494. The molecule has 0 saturated heterocycles. The van der Waals surface area contributed by atoms with Crippen molar-refractivity contribution in [3.8, 4) is 5.75 Å². The van der Waals surface area contributed by atoms with Crippen molar-refractivity contribution < 1.29 is 22.7 Å². The zero-order valence-electron chi connectivity index (χ0n) is 13.3. The van der Waals surface area contributed by atoms with Crippen LogP contribution < -0.4 is 4.74 Å². The van der Waals surface area contributed by atoms with Gasteiger partial charge in [-0.3, -0.25) is 4.79 Å². The second-order valence-electron chi connectivity index (χ2n) is 5.18. The number of hydrogen-bond acceptors (Lipinski definition) is 4. The third-order valence-electron chi connectivity index (χ3n) is 3.21. The largest absolute Gasteiger partial charge is 0.486 e. The fourth-order valence-corrected chi connectivity index (χ4v) is 2.86. The Kier molecular flexibility index (Phi) is 6.66. The second-order valence-corrected chi connectivity index (χ2v) is 6.55. The van der Waals surface area contributed by atoms with E-state index in [1.54, 1.807) is 29.6 Å². The highest BCUT2D eigenvalue weighted by Crippen LogP contribution is 2.20. The van der Waals surface area contributed by atoms with Crippen LogP contribution in [0.3, 0.4) is 0 Å². The minimum atomic E-state index is -4.41. The molecule has 0 fully saturated rings. The summed E-state index contributed by atoms with van der Waals surface area (Å²) in [5, 5.41) is 2.89. The normalized spacial score (nSPS) is 11.4. The van der Waals surface area contributed by atoms with Crippen LogP contribution in [-0.4, -0.2) is 35.1 Å². The predicted octanol–water partition coefficient (Wildman–Crippen LogP) is 4.33. The van der Waals surface area contributed by atoms with E-state index in [-0.39, 0.29) is 19.6 Å². The first-order valence-electron chi connectivity index (χ1n) is 7.43. The molecule has 0 unspecified atom stereocenters. The van der Waals surface area contributed by atoms with Gasteiger partial charge < -0.3 is 9.64 Å². The van der Waals surface area contributed by atoms with E-state index >= 15 is 0 Å². The van der Waals surface area contributed by atoms with Gasteiger partial charge in [-0.1, -0.05) is 11.6 Å². The third-order valence-corrected chi connectivity index (χ3v) is 4.34. The zero-order chi connectivity index (χ0) is 18.4. The molecule has 0 spiro atoms. The molecule has 0 aliphatic heterocycles. The SMILES string of the molecule is CCN(CC(F)(F)F)C(=O)Cc1csc(COc2ccc(Cl)cc2)n1. The zero-order valence-corrected chi connectivity index (χ0v) is 14.9. The van der Waals surface area contributed by atoms with Gasteiger partial charge in [-0.15, -0.1) is 11.3 Å². The number of halogens is 4. The molecule has 1 aromatic carbocycles. The van der Waals surface area contributed by atoms with Crippen molar-refractivity contribution in [3.63, 3.8) is 0 Å². The summed E-state index contributed by atoms with van der Waals surface area (Å²) in [5.74, 6) is 0.0230. The number of carbonyl (C=O) groups is 1. The number of nitrogens with zero attached hydrogens (tertiary/aromatic N) is 2. The van der Waals surface area contributed by atoms with Gasteiger partial charge in [0.15, 0.2) is 0 Å². The number of rotatable bonds is 7. The topological polar surface area (TPSA) is 42.4 Å². The first kappa shape index (κ1) is 19.5. The van der Waals surface area contributed by atoms with Gasteiger partial charge in [0.05, 0.1) is 12.1 Å². The standard InChI is InChI=1S/C16H16ClF3N2O2S/c1-2-22(10-16(18,19)20)15(23)7-12-9-25-14(21-12)8-24-13-5-3-11(17)4-6-13/h3-6,9H,2,7-8,10H2,1H3. The van der Waals surface area contributed by atoms with E-state index < -0.39 is 18.6 Å². The smallest absolute Gasteiger partial charge is 0.406 e. The van der Waals surface area contributed by atoms with Crippen LogP contribution in [0.15, 0.2) is 29.6 Å². The molecular formula is C16H16ClF3N2O2S. The van der Waals surface area contributed by atoms with Gasteiger partial charge in [-0.25, -0.2) is 4.98 Å². The van der Waals surface area contributed by atoms with Crippen LogP contribution in [0.25, 0.3) is 0 Å². The van der Waals surface area contributed by atoms with E-state index in [4.69, 9.17) is 16.3 Å². The lowest BCUT2D eigenvalue weighted by atomic mass is 10.3. The number of aromatic nitrogens is 1. The number of thiazole rings is 1. The summed E-state index contributed by atoms with van der Waals surface area (Å²) in [6, 6.07) is 6.83. The summed E-state index contributed by atoms with van der Waals surface area (Å²) >= 11 is 7.08. The molecule has 9 heteroatoms. The van der Waals surface area contributed by atoms with Gasteiger partial charge in [0.25, 0.3) is 0 Å². The van der Waals surface area contributed by atoms with Crippen molar-refractivity contribution in [2.45, 2.75) is 26.1 Å². The van der Waals surface area contributed by atoms with Crippen LogP contribution in [-0.2, 0) is 17.8 Å². The summed E-state index contributed by atoms with van der Waals surface area (Å²) in [7, 11) is 0. The average Bonchev–Trinajstić information content (AvgIpc) is 2.98. The number of benzene rings is 1. The summed E-state index contributed by atoms with van der Waals surface area (Å²) in [5.41, 5.74) is 0.435. The molecule has 0 bridgehead atoms. The lowest BCUT2D eigenvalue weighted by Crippen LogP contribution is -2.39. The Labute approximate surface area is 152 Å². The van der Waals surface area contributed by atoms with Gasteiger partial charge in [0.1, 0.15) is 23.9 Å². The molecule has 1 amide bonds. The molecule has 0 atom stereocenters. The maximum atomic E-state index is 12.5. The van der Waals surface area contributed by atoms with Gasteiger partial charge >= 0.3 is 6.18 Å². The van der Waals surface area contributed by atoms with Crippen LogP contribution in [0.1, 0.15) is 17.6 Å². The highest BCUT2D eigenvalue weighted by molar-refractivity contribution is 7.09. The van der Waals surface area contributed by atoms with E-state index in [9.17, 15) is 18.0 Å². The van der Waals surface area contributed by atoms with E-state index in [0.29, 0.717) is 21.5 Å². The Morgan fingerprint density at radius 3 is 2.60 bits per heavy atom. The highest BCUT2D eigenvalue weighted by Gasteiger charge is 2.32. The van der Waals surface area contributed by atoms with Crippen molar-refractivity contribution in [1.29, 1.82) is 0 Å². The van der Waals surface area contributed by atoms with Crippen LogP contribution in [0, 0.1) is 0 Å². The van der Waals surface area contributed by atoms with Gasteiger partial charge in [0, 0.05) is 16.9 Å². The summed E-state index contributed by atoms with van der Waals surface area (Å²) in [6.07, 6.45) is -4.58. The summed E-state index contributed by atoms with van der Waals surface area (Å²) in [6.45, 7) is 0.463. The van der Waals surface area contributed by atoms with Crippen LogP contribution in [0.2, 0.25) is 5.02 Å². The Morgan fingerprint density at radius 2 is 2.00 bits per heavy atom. The Morgan fingerprint density at radius 1 is 1.32 bits per heavy atom. The van der Waals surface area contributed by atoms with Crippen molar-refractivity contribution in [2.24, 2.45) is 0 Å². The van der Waals surface area contributed by atoms with Crippen molar-refractivity contribution in [3.05, 3.63) is 45.4 Å². The Bertz CT molecular complexity index is 704. The molecule has 2 aromatic rings. The van der Waals surface area contributed by atoms with Gasteiger partial charge in [0.2, 0.25) is 5.91 Å². The van der Waals surface area contributed by atoms with E-state index in [1.807, 2.05) is 0 Å². The molecule has 0 aliphatic rings. The molecule has 25 heavy (non-hydrogen) atoms. The second kappa shape index (κ2) is 8.53. The lowest BCUT2D eigenvalue weighted by Gasteiger charge is -2.21. The maximum Gasteiger partial charge on any atom is 0.406 e. The summed E-state index contributed by atoms with van der Waals surface area (Å²) < 4.78 is 42.9. The molecule has 4 nitrogen and oxygen atoms in total. The molecule has 0 radical (unpaired) electrons. The lowest BCUT2D eigenvalue weighted by molar-refractivity contribution is -0.160. The van der Waals surface area contributed by atoms with E-state index in [1.165, 1.54) is 18.3 Å². The molecule has 0 N–H and O–H groups in total. The van der Waals surface area contributed by atoms with E-state index in [0.717, 1.165) is 4.90 Å². The molecule has 2 rings (SSSR count). The molecule has 0 aliphatic carbocycles. The van der Waals surface area contributed by atoms with Crippen molar-refractivity contribution >= 4 is 28.8 Å². The van der Waals surface area contributed by atoms with Crippen molar-refractivity contribution in [2.75, 3.05) is 13.1 Å². The molecule has 1 aromatic heterocycles. The first-order chi connectivity index (χ1) is 11.8. The molecule has 1 heterocycles. The van der Waals surface area contributed by atoms with Crippen LogP contribution in [0.5, 0.6) is 5.75 Å². The molecule has 0 saturated carbocycles. The monoisotopic (exact) mass is 392 g/mol. The number of carbonyl (C=O) groups excluding carboxylic acids is 1. The number of alkyl halides is 3. The van der Waals surface area contributed by atoms with Gasteiger partial charge in [-0.05, 0) is 31.2 Å². The first-order valence-corrected chi connectivity index (χ1v) is 8.68. The van der Waals surface area contributed by atoms with Gasteiger partial charge in [-0.2, -0.15) is 13.2 Å². The quantitative estimate of drug-likeness (QED) is 0.704. The van der Waals surface area contributed by atoms with Crippen LogP contribution in [0.4, 0.5) is 13.2 Å². The maximum absolute atomic E-state index is 12.5. The molecule has 136 valence electrons. The highest BCUT2D eigenvalue weighted by atomic mass is 35.5. The summed E-state index contributed by atoms with van der Waals surface area (Å²) in [4.78, 5) is 17.0. The number of ether oxygens (including phenoxy) is 1. The predicted molar refractivity (Wildman–Crippen MR) is 89.9 cm³/mol. The Hall–Kier alpha value is -1.80. The fraction of sp³-hybridized carbons (Fsp3) is 0.375. The minimum Gasteiger partial charge on any atom is -0.486 e. The average molecular weight is 393 g/mol. The number of hydrogen-bond donors (Lipinski definition) is 0. The Balaban J connectivity index is 1.89. The van der Waals surface area contributed by atoms with Crippen molar-refractivity contribution in [1.82, 2.24) is 9.88 Å². The third kappa shape index (κ3) is 6.55. The number of likely N-dealkylation sites (N-methyl/N-ethyl adjacent to an activating group) is 1. The number of amides is 1. The fourth-order valence-electron chi connectivity index (χ4n) is 2.03.